The Kier molecular flexibility index (Phi) is 5.07. The van der Waals surface area contributed by atoms with Crippen molar-refractivity contribution in [3.8, 4) is 5.75 Å². The Morgan fingerprint density at radius 1 is 1.12 bits per heavy atom. The van der Waals surface area contributed by atoms with Gasteiger partial charge < -0.3 is 5.11 Å². The summed E-state index contributed by atoms with van der Waals surface area (Å²) in [6, 6.07) is 3.99. The number of phenolic OH excluding ortho intramolecular Hbond substituents is 1. The third-order valence-electron chi connectivity index (χ3n) is 4.12. The predicted octanol–water partition coefficient (Wildman–Crippen LogP) is 4.00. The van der Waals surface area contributed by atoms with E-state index in [9.17, 15) is 9.90 Å². The van der Waals surface area contributed by atoms with Gasteiger partial charge in [0.2, 0.25) is 0 Å². The van der Waals surface area contributed by atoms with Crippen molar-refractivity contribution in [2.45, 2.75) is 52.4 Å². The quantitative estimate of drug-likeness (QED) is 0.793. The predicted molar refractivity (Wildman–Crippen MR) is 102 cm³/mol. The van der Waals surface area contributed by atoms with Gasteiger partial charge in [-0.3, -0.25) is 9.80 Å². The maximum Gasteiger partial charge on any atom is 0.275 e. The van der Waals surface area contributed by atoms with Crippen molar-refractivity contribution >= 4 is 23.7 Å². The Bertz CT molecular complexity index is 647. The van der Waals surface area contributed by atoms with Crippen LogP contribution in [-0.2, 0) is 15.6 Å². The molecule has 1 amide bonds. The topological polar surface area (TPSA) is 52.6 Å². The number of phenols is 1. The highest BCUT2D eigenvalue weighted by atomic mass is 32.2. The Balaban J connectivity index is 2.58. The average molecular weight is 349 g/mol. The minimum Gasteiger partial charge on any atom is -0.507 e. The van der Waals surface area contributed by atoms with Gasteiger partial charge in [-0.25, -0.2) is 5.43 Å². The smallest absolute Gasteiger partial charge is 0.275 e. The Morgan fingerprint density at radius 3 is 2.00 bits per heavy atom. The van der Waals surface area contributed by atoms with E-state index in [-0.39, 0.29) is 16.7 Å². The number of thioether (sulfide) groups is 1. The van der Waals surface area contributed by atoms with Crippen molar-refractivity contribution in [1.82, 2.24) is 10.4 Å². The molecule has 0 aromatic heterocycles. The lowest BCUT2D eigenvalue weighted by Crippen LogP contribution is -2.35. The van der Waals surface area contributed by atoms with E-state index in [1.165, 1.54) is 11.8 Å². The molecule has 1 aromatic rings. The van der Waals surface area contributed by atoms with Crippen LogP contribution in [0.4, 0.5) is 0 Å². The lowest BCUT2D eigenvalue weighted by molar-refractivity contribution is -0.126. The molecule has 1 saturated heterocycles. The first-order valence-electron chi connectivity index (χ1n) is 8.17. The maximum atomic E-state index is 12.3. The van der Waals surface area contributed by atoms with Gasteiger partial charge in [-0.2, -0.15) is 0 Å². The van der Waals surface area contributed by atoms with Gasteiger partial charge in [0, 0.05) is 18.2 Å². The van der Waals surface area contributed by atoms with Crippen molar-refractivity contribution < 1.29 is 9.90 Å². The Morgan fingerprint density at radius 2 is 1.62 bits per heavy atom. The van der Waals surface area contributed by atoms with Gasteiger partial charge in [0.05, 0.1) is 10.8 Å². The van der Waals surface area contributed by atoms with Gasteiger partial charge in [0.25, 0.3) is 5.91 Å². The van der Waals surface area contributed by atoms with Crippen molar-refractivity contribution in [2.75, 3.05) is 12.9 Å². The summed E-state index contributed by atoms with van der Waals surface area (Å²) in [6.45, 7) is 12.5. The van der Waals surface area contributed by atoms with E-state index in [0.717, 1.165) is 21.6 Å². The molecule has 2 rings (SSSR count). The van der Waals surface area contributed by atoms with E-state index >= 15 is 0 Å². The van der Waals surface area contributed by atoms with Crippen molar-refractivity contribution in [1.29, 1.82) is 0 Å². The second-order valence-corrected chi connectivity index (χ2v) is 9.19. The standard InChI is InChI=1S/C19H28N2O2S/c1-18(2,3)13-8-12(9-14(16(13)22)19(4,5)6)10-15-17(23)21(20-7)11-24-15/h8-10,20,22H,11H2,1-7H3/b15-10-. The van der Waals surface area contributed by atoms with Crippen molar-refractivity contribution in [3.05, 3.63) is 33.7 Å². The molecule has 0 saturated carbocycles. The van der Waals surface area contributed by atoms with Crippen LogP contribution >= 0.6 is 11.8 Å². The van der Waals surface area contributed by atoms with Crippen LogP contribution in [0.1, 0.15) is 58.2 Å². The van der Waals surface area contributed by atoms with Crippen LogP contribution < -0.4 is 5.43 Å². The number of hydrogen-bond donors (Lipinski definition) is 2. The van der Waals surface area contributed by atoms with Crippen LogP contribution in [-0.4, -0.2) is 28.9 Å². The second-order valence-electron chi connectivity index (χ2n) is 8.20. The molecule has 1 aliphatic rings. The molecule has 0 aliphatic carbocycles. The number of nitrogens with one attached hydrogen (secondary N) is 1. The van der Waals surface area contributed by atoms with Gasteiger partial charge in [-0.05, 0) is 34.6 Å². The number of aromatic hydroxyl groups is 1. The van der Waals surface area contributed by atoms with Crippen LogP contribution in [0.5, 0.6) is 5.75 Å². The number of hydrogen-bond acceptors (Lipinski definition) is 4. The molecular formula is C19H28N2O2S. The first-order valence-corrected chi connectivity index (χ1v) is 9.15. The summed E-state index contributed by atoms with van der Waals surface area (Å²) in [5, 5.41) is 12.4. The summed E-state index contributed by atoms with van der Waals surface area (Å²) >= 11 is 1.52. The molecule has 0 atom stereocenters. The molecule has 1 heterocycles. The van der Waals surface area contributed by atoms with E-state index in [0.29, 0.717) is 11.6 Å². The number of carbonyl (C=O) groups is 1. The molecule has 0 unspecified atom stereocenters. The fourth-order valence-electron chi connectivity index (χ4n) is 2.69. The minimum atomic E-state index is -0.178. The number of carbonyl (C=O) groups excluding carboxylic acids is 1. The van der Waals surface area contributed by atoms with E-state index in [1.54, 1.807) is 12.1 Å². The van der Waals surface area contributed by atoms with E-state index in [1.807, 2.05) is 18.2 Å². The molecule has 0 radical (unpaired) electrons. The first kappa shape index (κ1) is 18.9. The monoisotopic (exact) mass is 348 g/mol. The zero-order chi connectivity index (χ0) is 18.3. The maximum absolute atomic E-state index is 12.3. The lowest BCUT2D eigenvalue weighted by Gasteiger charge is -2.28. The molecule has 132 valence electrons. The lowest BCUT2D eigenvalue weighted by atomic mass is 9.78. The third kappa shape index (κ3) is 3.78. The summed E-state index contributed by atoms with van der Waals surface area (Å²) < 4.78 is 0. The number of nitrogens with zero attached hydrogens (tertiary/aromatic N) is 1. The average Bonchev–Trinajstić information content (AvgIpc) is 2.78. The zero-order valence-electron chi connectivity index (χ0n) is 15.7. The van der Waals surface area contributed by atoms with E-state index in [2.05, 4.69) is 47.0 Å². The summed E-state index contributed by atoms with van der Waals surface area (Å²) in [5.41, 5.74) is 5.30. The van der Waals surface area contributed by atoms with Crippen molar-refractivity contribution in [3.63, 3.8) is 0 Å². The molecule has 1 aromatic carbocycles. The molecular weight excluding hydrogens is 320 g/mol. The van der Waals surface area contributed by atoms with Gasteiger partial charge in [-0.15, -0.1) is 0 Å². The molecule has 1 fully saturated rings. The fourth-order valence-corrected chi connectivity index (χ4v) is 3.66. The van der Waals surface area contributed by atoms with Crippen molar-refractivity contribution in [2.24, 2.45) is 0 Å². The summed E-state index contributed by atoms with van der Waals surface area (Å²) in [7, 11) is 1.75. The number of amides is 1. The molecule has 0 bridgehead atoms. The largest absolute Gasteiger partial charge is 0.507 e. The van der Waals surface area contributed by atoms with Crippen LogP contribution in [0.2, 0.25) is 0 Å². The van der Waals surface area contributed by atoms with Crippen LogP contribution in [0, 0.1) is 0 Å². The number of rotatable bonds is 2. The number of hydrazine groups is 1. The van der Waals surface area contributed by atoms with E-state index in [4.69, 9.17) is 0 Å². The highest BCUT2D eigenvalue weighted by Crippen LogP contribution is 2.40. The Hall–Kier alpha value is -1.46. The Labute approximate surface area is 149 Å². The van der Waals surface area contributed by atoms with Gasteiger partial charge in [0.15, 0.2) is 0 Å². The molecule has 24 heavy (non-hydrogen) atoms. The van der Waals surface area contributed by atoms with Crippen LogP contribution in [0.15, 0.2) is 17.0 Å². The molecule has 4 nitrogen and oxygen atoms in total. The zero-order valence-corrected chi connectivity index (χ0v) is 16.5. The molecule has 1 aliphatic heterocycles. The number of benzene rings is 1. The summed E-state index contributed by atoms with van der Waals surface area (Å²) in [5.74, 6) is 0.960. The minimum absolute atomic E-state index is 0.00908. The van der Waals surface area contributed by atoms with Crippen LogP contribution in [0.25, 0.3) is 6.08 Å². The van der Waals surface area contributed by atoms with Gasteiger partial charge >= 0.3 is 0 Å². The molecule has 2 N–H and O–H groups in total. The van der Waals surface area contributed by atoms with Gasteiger partial charge in [0.1, 0.15) is 5.75 Å². The van der Waals surface area contributed by atoms with Crippen LogP contribution in [0.3, 0.4) is 0 Å². The SMILES string of the molecule is CNN1CS/C(=C\c2cc(C(C)(C)C)c(O)c(C(C)(C)C)c2)C1=O. The summed E-state index contributed by atoms with van der Waals surface area (Å²) in [4.78, 5) is 13.0. The molecule has 0 spiro atoms. The highest BCUT2D eigenvalue weighted by molar-refractivity contribution is 8.04. The molecule has 5 heteroatoms. The fraction of sp³-hybridized carbons (Fsp3) is 0.526. The van der Waals surface area contributed by atoms with E-state index < -0.39 is 0 Å². The highest BCUT2D eigenvalue weighted by Gasteiger charge is 2.28. The normalized spacial score (nSPS) is 17.9. The first-order chi connectivity index (χ1) is 10.9. The second kappa shape index (κ2) is 6.45. The third-order valence-corrected chi connectivity index (χ3v) is 5.11. The van der Waals surface area contributed by atoms with Gasteiger partial charge in [-0.1, -0.05) is 53.3 Å². The summed E-state index contributed by atoms with van der Waals surface area (Å²) in [6.07, 6.45) is 1.92.